The average Bonchev–Trinajstić information content (AvgIpc) is 3.51. The molecule has 4 heterocycles. The van der Waals surface area contributed by atoms with Crippen molar-refractivity contribution in [3.63, 3.8) is 0 Å². The zero-order chi connectivity index (χ0) is 31.6. The number of piperazine rings is 1. The van der Waals surface area contributed by atoms with E-state index in [1.165, 1.54) is 35.1 Å². The lowest BCUT2D eigenvalue weighted by Crippen LogP contribution is -2.47. The van der Waals surface area contributed by atoms with Gasteiger partial charge in [-0.3, -0.25) is 19.1 Å². The average molecular weight is 624 g/mol. The molecule has 0 atom stereocenters. The number of allylic oxidation sites excluding steroid dienone is 1. The Morgan fingerprint density at radius 1 is 1.14 bits per heavy atom. The van der Waals surface area contributed by atoms with Crippen molar-refractivity contribution >= 4 is 23.3 Å². The van der Waals surface area contributed by atoms with E-state index in [0.29, 0.717) is 77.3 Å². The number of aromatic nitrogens is 3. The molecule has 0 unspecified atom stereocenters. The molecule has 0 radical (unpaired) electrons. The van der Waals surface area contributed by atoms with Gasteiger partial charge >= 0.3 is 6.18 Å². The van der Waals surface area contributed by atoms with Crippen molar-refractivity contribution < 1.29 is 22.7 Å². The summed E-state index contributed by atoms with van der Waals surface area (Å²) in [6.07, 6.45) is -0.541. The molecular weight excluding hydrogens is 591 g/mol. The van der Waals surface area contributed by atoms with Crippen LogP contribution >= 0.6 is 11.3 Å². The van der Waals surface area contributed by atoms with Crippen LogP contribution in [0, 0.1) is 0 Å². The fourth-order valence-electron chi connectivity index (χ4n) is 5.05. The Balaban J connectivity index is 1.75. The molecule has 1 saturated heterocycles. The summed E-state index contributed by atoms with van der Waals surface area (Å²) < 4.78 is 46.3. The van der Waals surface area contributed by atoms with Crippen LogP contribution in [-0.2, 0) is 12.6 Å². The van der Waals surface area contributed by atoms with E-state index >= 15 is 0 Å². The third-order valence-electron chi connectivity index (χ3n) is 7.28. The summed E-state index contributed by atoms with van der Waals surface area (Å²) in [4.78, 5) is 39.5. The predicted octanol–water partition coefficient (Wildman–Crippen LogP) is 6.08. The second-order valence-electron chi connectivity index (χ2n) is 10.6. The first-order valence-electron chi connectivity index (χ1n) is 14.1. The van der Waals surface area contributed by atoms with Crippen LogP contribution in [0.15, 0.2) is 58.3 Å². The number of pyridine rings is 2. The number of halogens is 3. The van der Waals surface area contributed by atoms with Gasteiger partial charge in [0.1, 0.15) is 10.8 Å². The first-order valence-corrected chi connectivity index (χ1v) is 15.0. The molecule has 1 fully saturated rings. The van der Waals surface area contributed by atoms with Crippen molar-refractivity contribution in [1.82, 2.24) is 24.8 Å². The lowest BCUT2D eigenvalue weighted by Gasteiger charge is -2.29. The Hall–Kier alpha value is -4.29. The molecule has 3 aromatic heterocycles. The molecular formula is C32H32F3N5O3S. The van der Waals surface area contributed by atoms with E-state index in [-0.39, 0.29) is 11.5 Å². The summed E-state index contributed by atoms with van der Waals surface area (Å²) >= 11 is 1.18. The number of thiazole rings is 1. The molecule has 0 bridgehead atoms. The minimum Gasteiger partial charge on any atom is -0.495 e. The summed E-state index contributed by atoms with van der Waals surface area (Å²) in [6.45, 7) is 8.04. The van der Waals surface area contributed by atoms with Crippen LogP contribution in [0.5, 0.6) is 5.75 Å². The molecule has 1 aliphatic rings. The van der Waals surface area contributed by atoms with Gasteiger partial charge in [0.25, 0.3) is 11.5 Å². The molecule has 8 nitrogen and oxygen atoms in total. The Bertz CT molecular complexity index is 1770. The Morgan fingerprint density at radius 3 is 2.45 bits per heavy atom. The summed E-state index contributed by atoms with van der Waals surface area (Å²) in [7, 11) is 1.51. The number of hydrogen-bond acceptors (Lipinski definition) is 7. The van der Waals surface area contributed by atoms with Gasteiger partial charge in [-0.25, -0.2) is 4.98 Å². The van der Waals surface area contributed by atoms with E-state index in [9.17, 15) is 22.8 Å². The largest absolute Gasteiger partial charge is 0.495 e. The molecule has 1 aromatic carbocycles. The first kappa shape index (κ1) is 31.1. The van der Waals surface area contributed by atoms with Crippen molar-refractivity contribution in [1.29, 1.82) is 0 Å². The quantitative estimate of drug-likeness (QED) is 0.269. The highest BCUT2D eigenvalue weighted by atomic mass is 32.1. The van der Waals surface area contributed by atoms with Gasteiger partial charge < -0.3 is 15.0 Å². The monoisotopic (exact) mass is 623 g/mol. The maximum absolute atomic E-state index is 14.5. The normalized spacial score (nSPS) is 13.6. The predicted molar refractivity (Wildman–Crippen MR) is 165 cm³/mol. The van der Waals surface area contributed by atoms with E-state index in [1.807, 2.05) is 26.8 Å². The molecule has 44 heavy (non-hydrogen) atoms. The number of aryl methyl sites for hydroxylation is 1. The molecule has 1 N–H and O–H groups in total. The van der Waals surface area contributed by atoms with Gasteiger partial charge in [0.15, 0.2) is 0 Å². The van der Waals surface area contributed by atoms with Crippen molar-refractivity contribution in [2.24, 2.45) is 0 Å². The number of methoxy groups -OCH3 is 1. The van der Waals surface area contributed by atoms with Crippen LogP contribution in [-0.4, -0.2) is 58.6 Å². The van der Waals surface area contributed by atoms with E-state index in [2.05, 4.69) is 15.3 Å². The minimum absolute atomic E-state index is 0.197. The number of nitrogens with one attached hydrogen (secondary N) is 1. The maximum atomic E-state index is 14.5. The Morgan fingerprint density at radius 2 is 1.84 bits per heavy atom. The highest BCUT2D eigenvalue weighted by Crippen LogP contribution is 2.34. The van der Waals surface area contributed by atoms with Gasteiger partial charge in [-0.05, 0) is 44.5 Å². The van der Waals surface area contributed by atoms with Gasteiger partial charge in [0.2, 0.25) is 0 Å². The SMILES string of the molecule is CCc1ncc(OC)cc1-n1c(C=C(C)C)c(C(=O)N2CCNCC2)cc(-c2nc(-c3ccc(C(F)(F)F)cc3)cs2)c1=O. The summed E-state index contributed by atoms with van der Waals surface area (Å²) in [5.74, 6) is 0.230. The number of rotatable bonds is 7. The third kappa shape index (κ3) is 6.31. The molecule has 1 aliphatic heterocycles. The van der Waals surface area contributed by atoms with Crippen molar-refractivity contribution in [2.75, 3.05) is 33.3 Å². The van der Waals surface area contributed by atoms with Crippen LogP contribution in [0.1, 0.15) is 48.1 Å². The van der Waals surface area contributed by atoms with E-state index in [1.54, 1.807) is 28.6 Å². The van der Waals surface area contributed by atoms with Gasteiger partial charge in [0, 0.05) is 43.2 Å². The molecule has 230 valence electrons. The number of alkyl halides is 3. The zero-order valence-corrected chi connectivity index (χ0v) is 25.6. The minimum atomic E-state index is -4.45. The number of nitrogens with zero attached hydrogens (tertiary/aromatic N) is 4. The standard InChI is InChI=1S/C32H32F3N5O3S/c1-5-25-28(15-22(43-4)17-37-25)40-27(14-19(2)3)23(30(41)39-12-10-36-11-13-39)16-24(31(40)42)29-38-26(18-44-29)20-6-8-21(9-7-20)32(33,34)35/h6-9,14-18,36H,5,10-13H2,1-4H3. The maximum Gasteiger partial charge on any atom is 0.416 e. The second kappa shape index (κ2) is 12.7. The fraction of sp³-hybridized carbons (Fsp3) is 0.312. The highest BCUT2D eigenvalue weighted by molar-refractivity contribution is 7.13. The molecule has 4 aromatic rings. The van der Waals surface area contributed by atoms with Crippen LogP contribution in [0.3, 0.4) is 0 Å². The van der Waals surface area contributed by atoms with Crippen molar-refractivity contribution in [3.05, 3.63) is 86.4 Å². The molecule has 1 amide bonds. The van der Waals surface area contributed by atoms with Crippen molar-refractivity contribution in [3.8, 4) is 33.3 Å². The van der Waals surface area contributed by atoms with Gasteiger partial charge in [-0.2, -0.15) is 13.2 Å². The van der Waals surface area contributed by atoms with E-state index < -0.39 is 17.3 Å². The first-order chi connectivity index (χ1) is 21.0. The fourth-order valence-corrected chi connectivity index (χ4v) is 5.88. The Kier molecular flexibility index (Phi) is 9.02. The lowest BCUT2D eigenvalue weighted by atomic mass is 10.0. The second-order valence-corrected chi connectivity index (χ2v) is 11.4. The summed E-state index contributed by atoms with van der Waals surface area (Å²) in [5, 5.41) is 5.28. The number of amides is 1. The van der Waals surface area contributed by atoms with Crippen LogP contribution in [0.2, 0.25) is 0 Å². The van der Waals surface area contributed by atoms with Crippen LogP contribution < -0.4 is 15.6 Å². The number of hydrogen-bond donors (Lipinski definition) is 1. The highest BCUT2D eigenvalue weighted by Gasteiger charge is 2.30. The van der Waals surface area contributed by atoms with Crippen LogP contribution in [0.25, 0.3) is 33.6 Å². The Labute approximate surface area is 256 Å². The number of ether oxygens (including phenoxy) is 1. The van der Waals surface area contributed by atoms with Gasteiger partial charge in [-0.1, -0.05) is 24.6 Å². The van der Waals surface area contributed by atoms with E-state index in [4.69, 9.17) is 4.74 Å². The van der Waals surface area contributed by atoms with Crippen LogP contribution in [0.4, 0.5) is 13.2 Å². The summed E-state index contributed by atoms with van der Waals surface area (Å²) in [6, 6.07) is 8.03. The number of benzene rings is 1. The third-order valence-corrected chi connectivity index (χ3v) is 8.15. The van der Waals surface area contributed by atoms with Crippen molar-refractivity contribution in [2.45, 2.75) is 33.4 Å². The molecule has 0 aliphatic carbocycles. The zero-order valence-electron chi connectivity index (χ0n) is 24.8. The molecule has 12 heteroatoms. The van der Waals surface area contributed by atoms with Gasteiger partial charge in [0.05, 0.1) is 52.8 Å². The molecule has 5 rings (SSSR count). The molecule has 0 saturated carbocycles. The molecule has 0 spiro atoms. The van der Waals surface area contributed by atoms with Gasteiger partial charge in [-0.15, -0.1) is 11.3 Å². The lowest BCUT2D eigenvalue weighted by molar-refractivity contribution is -0.137. The van der Waals surface area contributed by atoms with E-state index in [0.717, 1.165) is 17.7 Å². The number of carbonyl (C=O) groups is 1. The smallest absolute Gasteiger partial charge is 0.416 e. The number of carbonyl (C=O) groups excluding carboxylic acids is 1. The summed E-state index contributed by atoms with van der Waals surface area (Å²) in [5.41, 5.74) is 2.69. The topological polar surface area (TPSA) is 89.3 Å².